The lowest BCUT2D eigenvalue weighted by Gasteiger charge is -2.07. The molecule has 1 heterocycles. The lowest BCUT2D eigenvalue weighted by molar-refractivity contribution is 0.0950. The van der Waals surface area contributed by atoms with Gasteiger partial charge in [-0.1, -0.05) is 17.9 Å². The average Bonchev–Trinajstić information content (AvgIpc) is 2.51. The number of benzene rings is 1. The number of nitrogens with two attached hydrogens (primary N) is 1. The van der Waals surface area contributed by atoms with Crippen LogP contribution in [-0.2, 0) is 6.54 Å². The van der Waals surface area contributed by atoms with Crippen LogP contribution in [0.3, 0.4) is 0 Å². The number of aryl methyl sites for hydroxylation is 1. The van der Waals surface area contributed by atoms with Crippen LogP contribution in [0.4, 0.5) is 0 Å². The van der Waals surface area contributed by atoms with E-state index in [1.165, 1.54) is 6.33 Å². The average molecular weight is 280 g/mol. The number of hydrogen-bond acceptors (Lipinski definition) is 4. The Kier molecular flexibility index (Phi) is 5.02. The Morgan fingerprint density at radius 2 is 2.24 bits per heavy atom. The first kappa shape index (κ1) is 14.7. The molecular weight excluding hydrogens is 264 g/mol. The third-order valence-electron chi connectivity index (χ3n) is 2.82. The number of carbonyl (C=O) groups is 1. The van der Waals surface area contributed by atoms with E-state index in [1.54, 1.807) is 18.3 Å². The zero-order chi connectivity index (χ0) is 15.1. The Morgan fingerprint density at radius 1 is 1.38 bits per heavy atom. The molecular formula is C16H16N4O. The normalized spacial score (nSPS) is 9.62. The summed E-state index contributed by atoms with van der Waals surface area (Å²) in [5, 5.41) is 2.82. The molecule has 0 saturated carbocycles. The molecule has 0 aliphatic rings. The van der Waals surface area contributed by atoms with Crippen molar-refractivity contribution in [1.82, 2.24) is 15.3 Å². The fourth-order valence-corrected chi connectivity index (χ4v) is 1.79. The summed E-state index contributed by atoms with van der Waals surface area (Å²) < 4.78 is 0. The van der Waals surface area contributed by atoms with E-state index in [0.717, 1.165) is 11.3 Å². The van der Waals surface area contributed by atoms with Gasteiger partial charge in [-0.25, -0.2) is 9.97 Å². The van der Waals surface area contributed by atoms with Gasteiger partial charge in [0.15, 0.2) is 0 Å². The number of nitrogens with one attached hydrogen (secondary N) is 1. The van der Waals surface area contributed by atoms with Crippen LogP contribution in [0.5, 0.6) is 0 Å². The minimum atomic E-state index is -0.185. The number of carbonyl (C=O) groups excluding carboxylic acids is 1. The van der Waals surface area contributed by atoms with Gasteiger partial charge in [-0.3, -0.25) is 4.79 Å². The third-order valence-corrected chi connectivity index (χ3v) is 2.82. The van der Waals surface area contributed by atoms with Crippen LogP contribution in [0.2, 0.25) is 0 Å². The van der Waals surface area contributed by atoms with Gasteiger partial charge in [-0.2, -0.15) is 0 Å². The predicted octanol–water partition coefficient (Wildman–Crippen LogP) is 1.03. The maximum atomic E-state index is 12.3. The summed E-state index contributed by atoms with van der Waals surface area (Å²) in [6, 6.07) is 7.28. The highest BCUT2D eigenvalue weighted by Crippen LogP contribution is 2.11. The molecule has 21 heavy (non-hydrogen) atoms. The van der Waals surface area contributed by atoms with Crippen LogP contribution < -0.4 is 11.1 Å². The predicted molar refractivity (Wildman–Crippen MR) is 80.3 cm³/mol. The number of amides is 1. The Morgan fingerprint density at radius 3 is 2.95 bits per heavy atom. The second-order valence-corrected chi connectivity index (χ2v) is 4.44. The lowest BCUT2D eigenvalue weighted by Crippen LogP contribution is -2.24. The molecule has 0 bridgehead atoms. The Bertz CT molecular complexity index is 686. The van der Waals surface area contributed by atoms with E-state index in [2.05, 4.69) is 27.1 Å². The van der Waals surface area contributed by atoms with Crippen molar-refractivity contribution in [2.45, 2.75) is 13.5 Å². The van der Waals surface area contributed by atoms with Crippen molar-refractivity contribution in [3.8, 4) is 11.8 Å². The van der Waals surface area contributed by atoms with E-state index in [1.807, 2.05) is 19.1 Å². The summed E-state index contributed by atoms with van der Waals surface area (Å²) >= 11 is 0. The number of nitrogens with zero attached hydrogens (tertiary/aromatic N) is 2. The standard InChI is InChI=1S/C16H16N4O/c1-12-4-5-15(13(9-12)3-2-7-17)16(21)19-10-14-6-8-18-11-20-14/h4-6,8-9,11H,7,10,17H2,1H3,(H,19,21). The number of hydrogen-bond donors (Lipinski definition) is 2. The summed E-state index contributed by atoms with van der Waals surface area (Å²) in [5.74, 6) is 5.52. The summed E-state index contributed by atoms with van der Waals surface area (Å²) in [6.07, 6.45) is 3.09. The van der Waals surface area contributed by atoms with Crippen LogP contribution >= 0.6 is 0 Å². The highest BCUT2D eigenvalue weighted by Gasteiger charge is 2.10. The maximum Gasteiger partial charge on any atom is 0.252 e. The van der Waals surface area contributed by atoms with E-state index in [-0.39, 0.29) is 12.5 Å². The highest BCUT2D eigenvalue weighted by molar-refractivity contribution is 5.96. The molecule has 1 aromatic carbocycles. The van der Waals surface area contributed by atoms with Crippen molar-refractivity contribution in [3.05, 3.63) is 59.2 Å². The summed E-state index contributed by atoms with van der Waals surface area (Å²) in [5.41, 5.74) is 8.40. The van der Waals surface area contributed by atoms with Crippen LogP contribution in [0, 0.1) is 18.8 Å². The van der Waals surface area contributed by atoms with Gasteiger partial charge in [0.25, 0.3) is 5.91 Å². The first-order valence-corrected chi connectivity index (χ1v) is 6.53. The van der Waals surface area contributed by atoms with E-state index < -0.39 is 0 Å². The zero-order valence-corrected chi connectivity index (χ0v) is 11.8. The van der Waals surface area contributed by atoms with Crippen molar-refractivity contribution < 1.29 is 4.79 Å². The summed E-state index contributed by atoms with van der Waals surface area (Å²) in [7, 11) is 0. The van der Waals surface area contributed by atoms with Gasteiger partial charge in [0.05, 0.1) is 24.3 Å². The Hall–Kier alpha value is -2.71. The molecule has 0 unspecified atom stereocenters. The monoisotopic (exact) mass is 280 g/mol. The molecule has 5 nitrogen and oxygen atoms in total. The quantitative estimate of drug-likeness (QED) is 0.823. The van der Waals surface area contributed by atoms with Crippen LogP contribution in [0.25, 0.3) is 0 Å². The van der Waals surface area contributed by atoms with Crippen molar-refractivity contribution in [2.75, 3.05) is 6.54 Å². The molecule has 3 N–H and O–H groups in total. The first-order valence-electron chi connectivity index (χ1n) is 6.53. The van der Waals surface area contributed by atoms with E-state index in [4.69, 9.17) is 5.73 Å². The molecule has 0 saturated heterocycles. The van der Waals surface area contributed by atoms with Gasteiger partial charge in [0, 0.05) is 11.8 Å². The van der Waals surface area contributed by atoms with Crippen LogP contribution in [0.15, 0.2) is 36.8 Å². The van der Waals surface area contributed by atoms with Crippen molar-refractivity contribution in [1.29, 1.82) is 0 Å². The second kappa shape index (κ2) is 7.17. The van der Waals surface area contributed by atoms with Gasteiger partial charge < -0.3 is 11.1 Å². The molecule has 0 fully saturated rings. The lowest BCUT2D eigenvalue weighted by atomic mass is 10.0. The smallest absolute Gasteiger partial charge is 0.252 e. The Labute approximate surface area is 123 Å². The second-order valence-electron chi connectivity index (χ2n) is 4.44. The highest BCUT2D eigenvalue weighted by atomic mass is 16.1. The molecule has 0 aliphatic heterocycles. The minimum absolute atomic E-state index is 0.185. The van der Waals surface area contributed by atoms with Crippen LogP contribution in [-0.4, -0.2) is 22.4 Å². The Balaban J connectivity index is 2.15. The molecule has 1 amide bonds. The summed E-state index contributed by atoms with van der Waals surface area (Å²) in [4.78, 5) is 20.2. The number of aromatic nitrogens is 2. The molecule has 2 rings (SSSR count). The van der Waals surface area contributed by atoms with Crippen molar-refractivity contribution in [3.63, 3.8) is 0 Å². The third kappa shape index (κ3) is 4.13. The maximum absolute atomic E-state index is 12.3. The molecule has 1 aromatic heterocycles. The fraction of sp³-hybridized carbons (Fsp3) is 0.188. The molecule has 2 aromatic rings. The van der Waals surface area contributed by atoms with Crippen molar-refractivity contribution >= 4 is 5.91 Å². The molecule has 0 spiro atoms. The molecule has 0 atom stereocenters. The van der Waals surface area contributed by atoms with Gasteiger partial charge in [0.2, 0.25) is 0 Å². The van der Waals surface area contributed by atoms with Crippen molar-refractivity contribution in [2.24, 2.45) is 5.73 Å². The topological polar surface area (TPSA) is 80.9 Å². The largest absolute Gasteiger partial charge is 0.346 e. The zero-order valence-electron chi connectivity index (χ0n) is 11.8. The van der Waals surface area contributed by atoms with E-state index in [0.29, 0.717) is 17.7 Å². The summed E-state index contributed by atoms with van der Waals surface area (Å²) in [6.45, 7) is 2.56. The molecule has 0 aliphatic carbocycles. The van der Waals surface area contributed by atoms with Gasteiger partial charge >= 0.3 is 0 Å². The van der Waals surface area contributed by atoms with E-state index >= 15 is 0 Å². The molecule has 5 heteroatoms. The van der Waals surface area contributed by atoms with Gasteiger partial charge in [-0.05, 0) is 30.7 Å². The minimum Gasteiger partial charge on any atom is -0.346 e. The first-order chi connectivity index (χ1) is 10.2. The molecule has 0 radical (unpaired) electrons. The van der Waals surface area contributed by atoms with E-state index in [9.17, 15) is 4.79 Å². The SMILES string of the molecule is Cc1ccc(C(=O)NCc2ccncn2)c(C#CCN)c1. The van der Waals surface area contributed by atoms with Gasteiger partial charge in [-0.15, -0.1) is 0 Å². The number of rotatable bonds is 3. The fourth-order valence-electron chi connectivity index (χ4n) is 1.79. The molecule has 106 valence electrons. The van der Waals surface area contributed by atoms with Crippen LogP contribution in [0.1, 0.15) is 27.2 Å². The van der Waals surface area contributed by atoms with Gasteiger partial charge in [0.1, 0.15) is 6.33 Å².